The van der Waals surface area contributed by atoms with E-state index in [1.54, 1.807) is 0 Å². The van der Waals surface area contributed by atoms with Crippen LogP contribution in [0.25, 0.3) is 0 Å². The second-order valence-corrected chi connectivity index (χ2v) is 6.07. The van der Waals surface area contributed by atoms with Crippen LogP contribution in [0.5, 0.6) is 0 Å². The van der Waals surface area contributed by atoms with Crippen LogP contribution in [0.15, 0.2) is 54.0 Å². The fraction of sp³-hybridized carbons (Fsp3) is 0.333. The summed E-state index contributed by atoms with van der Waals surface area (Å²) in [5, 5.41) is 9.84. The molecule has 26 heavy (non-hydrogen) atoms. The molecule has 1 aliphatic heterocycles. The molecule has 0 amide bonds. The van der Waals surface area contributed by atoms with Gasteiger partial charge in [-0.1, -0.05) is 36.4 Å². The number of nitrogens with zero attached hydrogens (tertiary/aromatic N) is 2. The minimum absolute atomic E-state index is 0.213. The Kier molecular flexibility index (Phi) is 5.17. The smallest absolute Gasteiger partial charge is 0.351 e. The quantitative estimate of drug-likeness (QED) is 0.754. The number of ether oxygens (including phenoxy) is 2. The number of hydrogen-bond donors (Lipinski definition) is 2. The molecule has 7 nitrogen and oxygen atoms in total. The third-order valence-electron chi connectivity index (χ3n) is 4.45. The van der Waals surface area contributed by atoms with Gasteiger partial charge in [0.05, 0.1) is 25.5 Å². The van der Waals surface area contributed by atoms with Gasteiger partial charge < -0.3 is 20.3 Å². The van der Waals surface area contributed by atoms with Gasteiger partial charge in [-0.15, -0.1) is 6.58 Å². The molecule has 0 saturated carbocycles. The summed E-state index contributed by atoms with van der Waals surface area (Å²) >= 11 is 0. The Labute approximate surface area is 149 Å². The van der Waals surface area contributed by atoms with E-state index in [9.17, 15) is 14.3 Å². The number of nitrogen functional groups attached to an aromatic ring is 1. The van der Waals surface area contributed by atoms with Gasteiger partial charge in [0.15, 0.2) is 11.6 Å². The number of rotatable bonds is 6. The molecule has 0 unspecified atom stereocenters. The standard InChI is InChI=1S/C18H20FN3O4/c1-2-18(11-23)14(25-10-12-6-4-3-5-7-12)8-15(26-18)22-9-13(19)16(20)21-17(22)24/h2-7,9,14-15,23H,1,8,10-11H2,(H2,20,21,24)/t14-,15+,18+/m0/s1. The molecule has 1 aromatic carbocycles. The first-order valence-electron chi connectivity index (χ1n) is 8.11. The Bertz CT molecular complexity index is 842. The maximum atomic E-state index is 13.7. The predicted octanol–water partition coefficient (Wildman–Crippen LogP) is 1.39. The fourth-order valence-corrected chi connectivity index (χ4v) is 2.96. The van der Waals surface area contributed by atoms with Crippen LogP contribution in [0.1, 0.15) is 18.2 Å². The number of anilines is 1. The highest BCUT2D eigenvalue weighted by Gasteiger charge is 2.48. The molecule has 2 aromatic rings. The fourth-order valence-electron chi connectivity index (χ4n) is 2.96. The number of aliphatic hydroxyl groups is 1. The van der Waals surface area contributed by atoms with Gasteiger partial charge in [-0.25, -0.2) is 9.18 Å². The van der Waals surface area contributed by atoms with Gasteiger partial charge in [0.2, 0.25) is 0 Å². The number of aliphatic hydroxyl groups excluding tert-OH is 1. The topological polar surface area (TPSA) is 99.6 Å². The maximum absolute atomic E-state index is 13.7. The van der Waals surface area contributed by atoms with Crippen LogP contribution in [0, 0.1) is 5.82 Å². The molecule has 0 aliphatic carbocycles. The van der Waals surface area contributed by atoms with E-state index in [-0.39, 0.29) is 6.42 Å². The van der Waals surface area contributed by atoms with E-state index in [0.29, 0.717) is 6.61 Å². The summed E-state index contributed by atoms with van der Waals surface area (Å²) in [6.07, 6.45) is 1.15. The van der Waals surface area contributed by atoms with Crippen molar-refractivity contribution >= 4 is 5.82 Å². The SMILES string of the molecule is C=C[C@]1(CO)O[C@@H](n2cc(F)c(N)nc2=O)C[C@@H]1OCc1ccccc1. The Morgan fingerprint density at radius 2 is 2.23 bits per heavy atom. The minimum atomic E-state index is -1.21. The second-order valence-electron chi connectivity index (χ2n) is 6.07. The average Bonchev–Trinajstić information content (AvgIpc) is 3.03. The number of aromatic nitrogens is 2. The van der Waals surface area contributed by atoms with Crippen molar-refractivity contribution in [3.63, 3.8) is 0 Å². The van der Waals surface area contributed by atoms with Crippen molar-refractivity contribution in [2.24, 2.45) is 0 Å². The Morgan fingerprint density at radius 3 is 2.88 bits per heavy atom. The van der Waals surface area contributed by atoms with E-state index in [0.717, 1.165) is 16.3 Å². The molecule has 1 aromatic heterocycles. The van der Waals surface area contributed by atoms with Gasteiger partial charge in [-0.2, -0.15) is 4.98 Å². The van der Waals surface area contributed by atoms with E-state index < -0.39 is 41.9 Å². The van der Waals surface area contributed by atoms with Crippen molar-refractivity contribution in [3.05, 3.63) is 71.0 Å². The first-order valence-corrected chi connectivity index (χ1v) is 8.11. The van der Waals surface area contributed by atoms with Gasteiger partial charge in [0, 0.05) is 6.42 Å². The van der Waals surface area contributed by atoms with Gasteiger partial charge in [-0.05, 0) is 5.56 Å². The molecule has 3 rings (SSSR count). The van der Waals surface area contributed by atoms with Crippen molar-refractivity contribution in [1.82, 2.24) is 9.55 Å². The summed E-state index contributed by atoms with van der Waals surface area (Å²) in [7, 11) is 0. The van der Waals surface area contributed by atoms with E-state index in [4.69, 9.17) is 15.2 Å². The third kappa shape index (κ3) is 3.39. The number of hydrogen-bond acceptors (Lipinski definition) is 6. The average molecular weight is 361 g/mol. The minimum Gasteiger partial charge on any atom is -0.393 e. The predicted molar refractivity (Wildman–Crippen MR) is 92.6 cm³/mol. The Balaban J connectivity index is 1.84. The molecule has 0 radical (unpaired) electrons. The molecule has 1 fully saturated rings. The highest BCUT2D eigenvalue weighted by molar-refractivity contribution is 5.26. The van der Waals surface area contributed by atoms with Crippen molar-refractivity contribution in [1.29, 1.82) is 0 Å². The highest BCUT2D eigenvalue weighted by atomic mass is 19.1. The van der Waals surface area contributed by atoms with Gasteiger partial charge in [0.25, 0.3) is 0 Å². The van der Waals surface area contributed by atoms with Crippen molar-refractivity contribution in [3.8, 4) is 0 Å². The second kappa shape index (κ2) is 7.36. The normalized spacial score (nSPS) is 25.3. The largest absolute Gasteiger partial charge is 0.393 e. The molecule has 1 aliphatic rings. The first-order chi connectivity index (χ1) is 12.5. The Morgan fingerprint density at radius 1 is 1.50 bits per heavy atom. The van der Waals surface area contributed by atoms with Crippen molar-refractivity contribution in [2.45, 2.75) is 31.0 Å². The lowest BCUT2D eigenvalue weighted by molar-refractivity contribution is -0.115. The van der Waals surface area contributed by atoms with Crippen LogP contribution in [0.2, 0.25) is 0 Å². The van der Waals surface area contributed by atoms with Gasteiger partial charge in [0.1, 0.15) is 11.8 Å². The molecular weight excluding hydrogens is 341 g/mol. The summed E-state index contributed by atoms with van der Waals surface area (Å²) in [4.78, 5) is 15.5. The summed E-state index contributed by atoms with van der Waals surface area (Å²) in [6, 6.07) is 9.50. The molecule has 138 valence electrons. The highest BCUT2D eigenvalue weighted by Crippen LogP contribution is 2.39. The summed E-state index contributed by atoms with van der Waals surface area (Å²) in [5.74, 6) is -1.30. The first kappa shape index (κ1) is 18.2. The van der Waals surface area contributed by atoms with Crippen LogP contribution in [-0.4, -0.2) is 33.0 Å². The molecule has 0 spiro atoms. The molecule has 0 bridgehead atoms. The van der Waals surface area contributed by atoms with Crippen LogP contribution >= 0.6 is 0 Å². The Hall–Kier alpha value is -2.55. The lowest BCUT2D eigenvalue weighted by Crippen LogP contribution is -2.42. The lowest BCUT2D eigenvalue weighted by Gasteiger charge is -2.29. The molecule has 3 atom stereocenters. The van der Waals surface area contributed by atoms with Crippen LogP contribution < -0.4 is 11.4 Å². The molecular formula is C18H20FN3O4. The number of nitrogens with two attached hydrogens (primary N) is 1. The summed E-state index contributed by atoms with van der Waals surface area (Å²) in [6.45, 7) is 3.61. The van der Waals surface area contributed by atoms with Crippen molar-refractivity contribution in [2.75, 3.05) is 12.3 Å². The van der Waals surface area contributed by atoms with E-state index >= 15 is 0 Å². The van der Waals surface area contributed by atoms with E-state index in [1.165, 1.54) is 6.08 Å². The monoisotopic (exact) mass is 361 g/mol. The summed E-state index contributed by atoms with van der Waals surface area (Å²) < 4.78 is 26.5. The zero-order valence-corrected chi connectivity index (χ0v) is 14.0. The van der Waals surface area contributed by atoms with Crippen LogP contribution in [0.3, 0.4) is 0 Å². The number of benzene rings is 1. The summed E-state index contributed by atoms with van der Waals surface area (Å²) in [5.41, 5.74) is 4.31. The molecule has 8 heteroatoms. The molecule has 2 heterocycles. The van der Waals surface area contributed by atoms with Crippen LogP contribution in [-0.2, 0) is 16.1 Å². The van der Waals surface area contributed by atoms with Gasteiger partial charge in [-0.3, -0.25) is 4.57 Å². The van der Waals surface area contributed by atoms with Crippen LogP contribution in [0.4, 0.5) is 10.2 Å². The third-order valence-corrected chi connectivity index (χ3v) is 4.45. The van der Waals surface area contributed by atoms with E-state index in [1.807, 2.05) is 30.3 Å². The zero-order chi connectivity index (χ0) is 18.7. The van der Waals surface area contributed by atoms with Gasteiger partial charge >= 0.3 is 5.69 Å². The number of halogens is 1. The lowest BCUT2D eigenvalue weighted by atomic mass is 9.97. The van der Waals surface area contributed by atoms with E-state index in [2.05, 4.69) is 11.6 Å². The maximum Gasteiger partial charge on any atom is 0.351 e. The molecule has 1 saturated heterocycles. The van der Waals surface area contributed by atoms with Crippen molar-refractivity contribution < 1.29 is 19.0 Å². The zero-order valence-electron chi connectivity index (χ0n) is 14.0. The molecule has 3 N–H and O–H groups in total.